The van der Waals surface area contributed by atoms with Gasteiger partial charge in [0.15, 0.2) is 0 Å². The van der Waals surface area contributed by atoms with Crippen molar-refractivity contribution in [2.75, 3.05) is 12.1 Å². The lowest BCUT2D eigenvalue weighted by Gasteiger charge is -2.21. The summed E-state index contributed by atoms with van der Waals surface area (Å²) >= 11 is 0. The lowest BCUT2D eigenvalue weighted by molar-refractivity contribution is 0.300. The van der Waals surface area contributed by atoms with E-state index in [1.165, 1.54) is 0 Å². The highest BCUT2D eigenvalue weighted by Gasteiger charge is 2.12. The van der Waals surface area contributed by atoms with Gasteiger partial charge in [-0.25, -0.2) is 5.01 Å². The summed E-state index contributed by atoms with van der Waals surface area (Å²) < 4.78 is 0. The summed E-state index contributed by atoms with van der Waals surface area (Å²) in [7, 11) is 1.92. The minimum absolute atomic E-state index is 0.939. The molecule has 11 heavy (non-hydrogen) atoms. The summed E-state index contributed by atoms with van der Waals surface area (Å²) in [6.07, 6.45) is 5.48. The molecule has 1 aromatic heterocycles. The van der Waals surface area contributed by atoms with Crippen molar-refractivity contribution in [1.82, 2.24) is 20.7 Å². The van der Waals surface area contributed by atoms with Crippen LogP contribution in [0.25, 0.3) is 0 Å². The fourth-order valence-corrected chi connectivity index (χ4v) is 0.992. The Morgan fingerprint density at radius 1 is 1.55 bits per heavy atom. The number of nitrogens with zero attached hydrogens (tertiary/aromatic N) is 3. The van der Waals surface area contributed by atoms with Crippen LogP contribution in [0.15, 0.2) is 24.7 Å². The quantitative estimate of drug-likeness (QED) is 0.595. The Kier molecular flexibility index (Phi) is 1.29. The minimum atomic E-state index is 0.939. The van der Waals surface area contributed by atoms with Crippen molar-refractivity contribution >= 4 is 5.82 Å². The molecule has 5 nitrogen and oxygen atoms in total. The van der Waals surface area contributed by atoms with E-state index in [0.29, 0.717) is 0 Å². The normalized spacial score (nSPS) is 17.4. The molecule has 0 unspecified atom stereocenters. The van der Waals surface area contributed by atoms with Crippen LogP contribution in [0.5, 0.6) is 0 Å². The maximum atomic E-state index is 3.85. The van der Waals surface area contributed by atoms with Gasteiger partial charge in [-0.3, -0.25) is 5.10 Å². The van der Waals surface area contributed by atoms with Crippen LogP contribution in [0.2, 0.25) is 0 Å². The molecule has 1 aromatic rings. The monoisotopic (exact) mass is 151 g/mol. The van der Waals surface area contributed by atoms with Crippen LogP contribution >= 0.6 is 0 Å². The Bertz CT molecular complexity index is 252. The molecule has 0 spiro atoms. The molecule has 2 rings (SSSR count). The van der Waals surface area contributed by atoms with Crippen molar-refractivity contribution in [3.63, 3.8) is 0 Å². The van der Waals surface area contributed by atoms with Gasteiger partial charge in [0.05, 0.1) is 6.20 Å². The Hall–Kier alpha value is -1.49. The van der Waals surface area contributed by atoms with Crippen LogP contribution in [0.4, 0.5) is 5.82 Å². The first-order valence-corrected chi connectivity index (χ1v) is 3.33. The van der Waals surface area contributed by atoms with Crippen molar-refractivity contribution < 1.29 is 0 Å². The van der Waals surface area contributed by atoms with Gasteiger partial charge >= 0.3 is 0 Å². The Morgan fingerprint density at radius 2 is 2.45 bits per heavy atom. The van der Waals surface area contributed by atoms with Crippen molar-refractivity contribution in [3.8, 4) is 0 Å². The van der Waals surface area contributed by atoms with E-state index in [1.54, 1.807) is 6.20 Å². The molecule has 5 heteroatoms. The van der Waals surface area contributed by atoms with Crippen LogP contribution in [-0.4, -0.2) is 22.4 Å². The van der Waals surface area contributed by atoms with E-state index in [4.69, 9.17) is 0 Å². The molecular formula is C6H9N5. The van der Waals surface area contributed by atoms with Crippen LogP contribution in [0, 0.1) is 0 Å². The average molecular weight is 151 g/mol. The largest absolute Gasteiger partial charge is 0.307 e. The fraction of sp³-hybridized carbons (Fsp3) is 0.167. The third-order valence-electron chi connectivity index (χ3n) is 1.53. The van der Waals surface area contributed by atoms with E-state index < -0.39 is 0 Å². The highest BCUT2D eigenvalue weighted by Crippen LogP contribution is 2.12. The highest BCUT2D eigenvalue weighted by atomic mass is 15.8. The molecule has 1 aliphatic heterocycles. The molecule has 0 fully saturated rings. The predicted molar refractivity (Wildman–Crippen MR) is 41.1 cm³/mol. The number of rotatable bonds is 1. The second-order valence-electron chi connectivity index (χ2n) is 2.25. The van der Waals surface area contributed by atoms with Gasteiger partial charge in [-0.2, -0.15) is 5.10 Å². The number of H-pyrrole nitrogens is 1. The van der Waals surface area contributed by atoms with Gasteiger partial charge < -0.3 is 5.43 Å². The highest BCUT2D eigenvalue weighted by molar-refractivity contribution is 5.39. The molecule has 58 valence electrons. The molecule has 0 aromatic carbocycles. The van der Waals surface area contributed by atoms with Gasteiger partial charge in [-0.05, 0) is 0 Å². The molecule has 0 saturated heterocycles. The third kappa shape index (κ3) is 0.947. The van der Waals surface area contributed by atoms with Gasteiger partial charge in [0.1, 0.15) is 5.82 Å². The van der Waals surface area contributed by atoms with E-state index in [0.717, 1.165) is 5.82 Å². The van der Waals surface area contributed by atoms with Crippen LogP contribution in [0.1, 0.15) is 0 Å². The molecule has 1 aliphatic rings. The number of hydrogen-bond acceptors (Lipinski definition) is 4. The van der Waals surface area contributed by atoms with Gasteiger partial charge in [0, 0.05) is 25.5 Å². The summed E-state index contributed by atoms with van der Waals surface area (Å²) in [6, 6.07) is 1.90. The maximum absolute atomic E-state index is 3.85. The molecule has 0 atom stereocenters. The van der Waals surface area contributed by atoms with E-state index in [1.807, 2.05) is 35.6 Å². The van der Waals surface area contributed by atoms with E-state index in [-0.39, 0.29) is 0 Å². The Balaban J connectivity index is 2.23. The average Bonchev–Trinajstić information content (AvgIpc) is 2.55. The first-order chi connectivity index (χ1) is 5.38. The number of aromatic nitrogens is 2. The molecule has 2 heterocycles. The lowest BCUT2D eigenvalue weighted by Crippen LogP contribution is -2.38. The molecule has 0 aliphatic carbocycles. The zero-order valence-corrected chi connectivity index (χ0v) is 6.15. The topological polar surface area (TPSA) is 47.2 Å². The first kappa shape index (κ1) is 6.23. The molecular weight excluding hydrogens is 142 g/mol. The standard InChI is InChI=1S/C6H9N5/c1-10-8-4-5-11(10)6-2-3-7-9-6/h2-5,8H,1H3,(H,7,9). The zero-order valence-electron chi connectivity index (χ0n) is 6.15. The predicted octanol–water partition coefficient (Wildman–Crippen LogP) is 0.0523. The van der Waals surface area contributed by atoms with Gasteiger partial charge in [-0.1, -0.05) is 0 Å². The molecule has 0 amide bonds. The third-order valence-corrected chi connectivity index (χ3v) is 1.53. The van der Waals surface area contributed by atoms with Crippen LogP contribution in [-0.2, 0) is 0 Å². The van der Waals surface area contributed by atoms with E-state index in [9.17, 15) is 0 Å². The molecule has 0 radical (unpaired) electrons. The summed E-state index contributed by atoms with van der Waals surface area (Å²) in [5.41, 5.74) is 2.99. The molecule has 2 N–H and O–H groups in total. The van der Waals surface area contributed by atoms with E-state index >= 15 is 0 Å². The minimum Gasteiger partial charge on any atom is -0.307 e. The van der Waals surface area contributed by atoms with Gasteiger partial charge in [0.2, 0.25) is 0 Å². The summed E-state index contributed by atoms with van der Waals surface area (Å²) in [5, 5.41) is 10.4. The number of hydrazine groups is 2. The smallest absolute Gasteiger partial charge is 0.144 e. The number of anilines is 1. The van der Waals surface area contributed by atoms with Crippen LogP contribution in [0.3, 0.4) is 0 Å². The van der Waals surface area contributed by atoms with Gasteiger partial charge in [-0.15, -0.1) is 5.12 Å². The van der Waals surface area contributed by atoms with Crippen molar-refractivity contribution in [3.05, 3.63) is 24.7 Å². The lowest BCUT2D eigenvalue weighted by atomic mass is 10.6. The van der Waals surface area contributed by atoms with Crippen LogP contribution < -0.4 is 10.4 Å². The van der Waals surface area contributed by atoms with Gasteiger partial charge in [0.25, 0.3) is 0 Å². The SMILES string of the molecule is CN1NC=CN1c1ccn[nH]1. The second-order valence-corrected chi connectivity index (χ2v) is 2.25. The molecule has 0 bridgehead atoms. The second kappa shape index (κ2) is 2.28. The maximum Gasteiger partial charge on any atom is 0.144 e. The number of hydrogen-bond donors (Lipinski definition) is 2. The summed E-state index contributed by atoms with van der Waals surface area (Å²) in [5.74, 6) is 0.939. The number of aromatic amines is 1. The Morgan fingerprint density at radius 3 is 3.00 bits per heavy atom. The van der Waals surface area contributed by atoms with Crippen molar-refractivity contribution in [1.29, 1.82) is 0 Å². The molecule has 0 saturated carbocycles. The zero-order chi connectivity index (χ0) is 7.68. The Labute approximate surface area is 64.2 Å². The number of nitrogens with one attached hydrogen (secondary N) is 2. The van der Waals surface area contributed by atoms with E-state index in [2.05, 4.69) is 15.6 Å². The first-order valence-electron chi connectivity index (χ1n) is 3.33. The summed E-state index contributed by atoms with van der Waals surface area (Å²) in [4.78, 5) is 0. The van der Waals surface area contributed by atoms with Crippen molar-refractivity contribution in [2.24, 2.45) is 0 Å². The summed E-state index contributed by atoms with van der Waals surface area (Å²) in [6.45, 7) is 0. The van der Waals surface area contributed by atoms with Crippen molar-refractivity contribution in [2.45, 2.75) is 0 Å². The fourth-order valence-electron chi connectivity index (χ4n) is 0.992.